The topological polar surface area (TPSA) is 64.7 Å². The molecule has 0 spiro atoms. The molecule has 2 aromatic rings. The Morgan fingerprint density at radius 3 is 3.00 bits per heavy atom. The molecule has 0 amide bonds. The van der Waals surface area contributed by atoms with Crippen LogP contribution in [0.2, 0.25) is 0 Å². The van der Waals surface area contributed by atoms with Gasteiger partial charge in [-0.1, -0.05) is 0 Å². The van der Waals surface area contributed by atoms with Gasteiger partial charge in [0.1, 0.15) is 0 Å². The highest BCUT2D eigenvalue weighted by Gasteiger charge is 2.09. The lowest BCUT2D eigenvalue weighted by Gasteiger charge is -2.04. The van der Waals surface area contributed by atoms with Crippen LogP contribution in [0.4, 0.5) is 0 Å². The zero-order valence-electron chi connectivity index (χ0n) is 6.75. The van der Waals surface area contributed by atoms with Crippen molar-refractivity contribution in [2.75, 3.05) is 0 Å². The van der Waals surface area contributed by atoms with Gasteiger partial charge in [-0.3, -0.25) is 4.98 Å². The van der Waals surface area contributed by atoms with Gasteiger partial charge in [0.15, 0.2) is 0 Å². The summed E-state index contributed by atoms with van der Waals surface area (Å²) in [6.07, 6.45) is 4.29. The number of thiazole rings is 1. The summed E-state index contributed by atoms with van der Waals surface area (Å²) in [6.45, 7) is 0. The number of hydrogen-bond acceptors (Lipinski definition) is 6. The van der Waals surface area contributed by atoms with Gasteiger partial charge in [0, 0.05) is 23.5 Å². The van der Waals surface area contributed by atoms with Crippen LogP contribution in [0.5, 0.6) is 0 Å². The summed E-state index contributed by atoms with van der Waals surface area (Å²) in [5.74, 6) is 0. The van der Waals surface area contributed by atoms with Gasteiger partial charge in [-0.25, -0.2) is 0 Å². The van der Waals surface area contributed by atoms with Crippen LogP contribution in [0.25, 0.3) is 0 Å². The molecule has 2 rings (SSSR count). The molecular weight excluding hydrogens is 204 g/mol. The molecule has 0 aliphatic heterocycles. The fraction of sp³-hybridized carbons (Fsp3) is 0.286. The lowest BCUT2D eigenvalue weighted by atomic mass is 10.1. The van der Waals surface area contributed by atoms with Crippen LogP contribution in [-0.2, 0) is 6.42 Å². The number of nitrogens with zero attached hydrogens (tertiary/aromatic N) is 3. The predicted molar refractivity (Wildman–Crippen MR) is 52.7 cm³/mol. The van der Waals surface area contributed by atoms with Gasteiger partial charge in [0.05, 0.1) is 29.1 Å². The summed E-state index contributed by atoms with van der Waals surface area (Å²) >= 11 is 2.78. The van der Waals surface area contributed by atoms with E-state index in [0.717, 1.165) is 17.0 Å². The molecule has 0 bridgehead atoms. The molecule has 1 unspecified atom stereocenters. The van der Waals surface area contributed by atoms with E-state index < -0.39 is 0 Å². The first-order valence-electron chi connectivity index (χ1n) is 3.76. The Bertz CT molecular complexity index is 342. The van der Waals surface area contributed by atoms with Gasteiger partial charge < -0.3 is 5.73 Å². The van der Waals surface area contributed by atoms with E-state index in [0.29, 0.717) is 0 Å². The quantitative estimate of drug-likeness (QED) is 0.831. The van der Waals surface area contributed by atoms with Crippen LogP contribution in [0.1, 0.15) is 16.6 Å². The van der Waals surface area contributed by atoms with Crippen molar-refractivity contribution in [1.82, 2.24) is 13.7 Å². The monoisotopic (exact) mass is 212 g/mol. The highest BCUT2D eigenvalue weighted by Crippen LogP contribution is 2.18. The van der Waals surface area contributed by atoms with Crippen LogP contribution in [0.15, 0.2) is 17.9 Å². The van der Waals surface area contributed by atoms with Crippen molar-refractivity contribution >= 4 is 23.1 Å². The Labute approximate surface area is 83.8 Å². The van der Waals surface area contributed by atoms with Crippen molar-refractivity contribution in [2.24, 2.45) is 5.73 Å². The molecule has 0 saturated heterocycles. The van der Waals surface area contributed by atoms with Crippen molar-refractivity contribution < 1.29 is 0 Å². The van der Waals surface area contributed by atoms with Crippen molar-refractivity contribution in [2.45, 2.75) is 12.5 Å². The van der Waals surface area contributed by atoms with E-state index in [4.69, 9.17) is 5.73 Å². The third kappa shape index (κ3) is 2.09. The number of rotatable bonds is 3. The van der Waals surface area contributed by atoms with E-state index in [1.807, 2.05) is 0 Å². The van der Waals surface area contributed by atoms with Crippen LogP contribution < -0.4 is 5.73 Å². The van der Waals surface area contributed by atoms with Crippen molar-refractivity contribution in [3.8, 4) is 0 Å². The van der Waals surface area contributed by atoms with E-state index >= 15 is 0 Å². The average Bonchev–Trinajstić information content (AvgIpc) is 2.74. The van der Waals surface area contributed by atoms with Gasteiger partial charge in [-0.2, -0.15) is 8.75 Å². The van der Waals surface area contributed by atoms with E-state index in [1.165, 1.54) is 11.7 Å². The lowest BCUT2D eigenvalue weighted by molar-refractivity contribution is 0.723. The van der Waals surface area contributed by atoms with Crippen LogP contribution in [-0.4, -0.2) is 13.7 Å². The molecule has 0 saturated carbocycles. The summed E-state index contributed by atoms with van der Waals surface area (Å²) in [4.78, 5) is 5.07. The van der Waals surface area contributed by atoms with Crippen LogP contribution in [0, 0.1) is 0 Å². The Morgan fingerprint density at radius 2 is 2.38 bits per heavy atom. The van der Waals surface area contributed by atoms with E-state index in [-0.39, 0.29) is 6.04 Å². The summed E-state index contributed by atoms with van der Waals surface area (Å²) in [6, 6.07) is -0.00333. The Kier molecular flexibility index (Phi) is 2.62. The minimum Gasteiger partial charge on any atom is -0.323 e. The van der Waals surface area contributed by atoms with Gasteiger partial charge in [-0.05, 0) is 0 Å². The molecular formula is C7H8N4S2. The van der Waals surface area contributed by atoms with E-state index in [9.17, 15) is 0 Å². The number of hydrogen-bond donors (Lipinski definition) is 1. The molecule has 0 aliphatic carbocycles. The zero-order chi connectivity index (χ0) is 9.10. The molecule has 2 heterocycles. The summed E-state index contributed by atoms with van der Waals surface area (Å²) in [5.41, 5.74) is 8.67. The first-order chi connectivity index (χ1) is 6.36. The maximum atomic E-state index is 5.94. The second-order valence-corrected chi connectivity index (χ2v) is 4.09. The predicted octanol–water partition coefficient (Wildman–Crippen LogP) is 1.24. The molecule has 0 aromatic carbocycles. The van der Waals surface area contributed by atoms with Gasteiger partial charge in [0.25, 0.3) is 0 Å². The molecule has 68 valence electrons. The van der Waals surface area contributed by atoms with Gasteiger partial charge in [-0.15, -0.1) is 11.3 Å². The summed E-state index contributed by atoms with van der Waals surface area (Å²) in [7, 11) is 0. The fourth-order valence-electron chi connectivity index (χ4n) is 1.01. The first-order valence-corrected chi connectivity index (χ1v) is 5.37. The molecule has 0 radical (unpaired) electrons. The Balaban J connectivity index is 2.04. The SMILES string of the molecule is NC(Cc1cnsn1)c1cncs1. The number of nitrogens with two attached hydrogens (primary N) is 1. The first kappa shape index (κ1) is 8.74. The van der Waals surface area contributed by atoms with Crippen LogP contribution in [0.3, 0.4) is 0 Å². The zero-order valence-corrected chi connectivity index (χ0v) is 8.38. The second kappa shape index (κ2) is 3.91. The normalized spacial score (nSPS) is 13.0. The Hall–Kier alpha value is -0.850. The smallest absolute Gasteiger partial charge is 0.0794 e. The van der Waals surface area contributed by atoms with Gasteiger partial charge >= 0.3 is 0 Å². The van der Waals surface area contributed by atoms with Gasteiger partial charge in [0.2, 0.25) is 0 Å². The molecule has 0 fully saturated rings. The molecule has 13 heavy (non-hydrogen) atoms. The van der Waals surface area contributed by atoms with Crippen molar-refractivity contribution in [3.63, 3.8) is 0 Å². The molecule has 0 aliphatic rings. The van der Waals surface area contributed by atoms with Crippen LogP contribution >= 0.6 is 23.1 Å². The number of aromatic nitrogens is 3. The molecule has 2 aromatic heterocycles. The van der Waals surface area contributed by atoms with E-state index in [1.54, 1.807) is 29.2 Å². The molecule has 4 nitrogen and oxygen atoms in total. The Morgan fingerprint density at radius 1 is 1.46 bits per heavy atom. The second-order valence-electron chi connectivity index (χ2n) is 2.61. The lowest BCUT2D eigenvalue weighted by Crippen LogP contribution is -2.11. The third-order valence-corrected chi connectivity index (χ3v) is 3.08. The largest absolute Gasteiger partial charge is 0.323 e. The maximum Gasteiger partial charge on any atom is 0.0794 e. The molecule has 2 N–H and O–H groups in total. The highest BCUT2D eigenvalue weighted by atomic mass is 32.1. The molecule has 6 heteroatoms. The highest BCUT2D eigenvalue weighted by molar-refractivity contribution is 7.09. The minimum absolute atomic E-state index is 0.00333. The standard InChI is InChI=1S/C7H8N4S2/c8-6(7-3-9-4-12-7)1-5-2-10-13-11-5/h2-4,6H,1,8H2. The maximum absolute atomic E-state index is 5.94. The van der Waals surface area contributed by atoms with E-state index in [2.05, 4.69) is 13.7 Å². The fourth-order valence-corrected chi connectivity index (χ4v) is 2.07. The minimum atomic E-state index is -0.00333. The van der Waals surface area contributed by atoms with Crippen molar-refractivity contribution in [1.29, 1.82) is 0 Å². The van der Waals surface area contributed by atoms with Crippen molar-refractivity contribution in [3.05, 3.63) is 28.5 Å². The summed E-state index contributed by atoms with van der Waals surface area (Å²) < 4.78 is 8.02. The average molecular weight is 212 g/mol. The third-order valence-electron chi connectivity index (χ3n) is 1.65. The summed E-state index contributed by atoms with van der Waals surface area (Å²) in [5, 5.41) is 0. The molecule has 1 atom stereocenters.